The molecule has 1 rings (SSSR count). The van der Waals surface area contributed by atoms with Crippen molar-refractivity contribution in [2.75, 3.05) is 34.2 Å². The zero-order valence-corrected chi connectivity index (χ0v) is 13.8. The lowest BCUT2D eigenvalue weighted by atomic mass is 10.0. The molecule has 1 aromatic carbocycles. The number of Topliss-reactive ketones (excluding diaryl/α,β-unsaturated/α-hetero) is 1. The molecule has 0 saturated heterocycles. The van der Waals surface area contributed by atoms with Crippen molar-refractivity contribution in [2.24, 2.45) is 0 Å². The fourth-order valence-corrected chi connectivity index (χ4v) is 2.15. The SMILES string of the molecule is CC(C(=O)c1ccc(Br)cc1)N(C)CCCN(C)C. The molecule has 0 bridgehead atoms. The van der Waals surface area contributed by atoms with Gasteiger partial charge < -0.3 is 4.90 Å². The van der Waals surface area contributed by atoms with Gasteiger partial charge in [-0.1, -0.05) is 28.1 Å². The molecule has 0 fully saturated rings. The van der Waals surface area contributed by atoms with Crippen molar-refractivity contribution in [3.63, 3.8) is 0 Å². The third kappa shape index (κ3) is 5.43. The first kappa shape index (κ1) is 16.3. The van der Waals surface area contributed by atoms with Gasteiger partial charge in [0.15, 0.2) is 5.78 Å². The molecule has 0 N–H and O–H groups in total. The van der Waals surface area contributed by atoms with Gasteiger partial charge in [0.2, 0.25) is 0 Å². The molecule has 1 aromatic rings. The predicted octanol–water partition coefficient (Wildman–Crippen LogP) is 2.90. The molecule has 1 unspecified atom stereocenters. The Balaban J connectivity index is 2.53. The topological polar surface area (TPSA) is 23.6 Å². The zero-order valence-electron chi connectivity index (χ0n) is 12.2. The van der Waals surface area contributed by atoms with Gasteiger partial charge in [0.25, 0.3) is 0 Å². The molecule has 0 aromatic heterocycles. The molecule has 19 heavy (non-hydrogen) atoms. The normalized spacial score (nSPS) is 13.0. The number of benzene rings is 1. The fraction of sp³-hybridized carbons (Fsp3) is 0.533. The van der Waals surface area contributed by atoms with Crippen LogP contribution in [-0.4, -0.2) is 55.9 Å². The summed E-state index contributed by atoms with van der Waals surface area (Å²) in [4.78, 5) is 16.6. The quantitative estimate of drug-likeness (QED) is 0.720. The second-order valence-corrected chi connectivity index (χ2v) is 6.10. The number of halogens is 1. The second-order valence-electron chi connectivity index (χ2n) is 5.18. The average molecular weight is 327 g/mol. The van der Waals surface area contributed by atoms with Crippen molar-refractivity contribution >= 4 is 21.7 Å². The highest BCUT2D eigenvalue weighted by Crippen LogP contribution is 2.13. The molecule has 0 spiro atoms. The summed E-state index contributed by atoms with van der Waals surface area (Å²) in [5.74, 6) is 0.180. The monoisotopic (exact) mass is 326 g/mol. The largest absolute Gasteiger partial charge is 0.309 e. The molecule has 4 heteroatoms. The number of likely N-dealkylation sites (N-methyl/N-ethyl adjacent to an activating group) is 1. The molecular formula is C15H23BrN2O. The van der Waals surface area contributed by atoms with Crippen LogP contribution in [0.15, 0.2) is 28.7 Å². The molecular weight excluding hydrogens is 304 g/mol. The van der Waals surface area contributed by atoms with Crippen LogP contribution in [0.5, 0.6) is 0 Å². The Morgan fingerprint density at radius 3 is 2.26 bits per heavy atom. The lowest BCUT2D eigenvalue weighted by molar-refractivity contribution is 0.0865. The van der Waals surface area contributed by atoms with Crippen LogP contribution in [0.2, 0.25) is 0 Å². The van der Waals surface area contributed by atoms with Crippen LogP contribution >= 0.6 is 15.9 Å². The van der Waals surface area contributed by atoms with E-state index in [0.29, 0.717) is 0 Å². The maximum absolute atomic E-state index is 12.3. The first-order valence-corrected chi connectivity index (χ1v) is 7.36. The minimum Gasteiger partial charge on any atom is -0.309 e. The van der Waals surface area contributed by atoms with Gasteiger partial charge in [-0.2, -0.15) is 0 Å². The summed E-state index contributed by atoms with van der Waals surface area (Å²) >= 11 is 3.38. The zero-order chi connectivity index (χ0) is 14.4. The van der Waals surface area contributed by atoms with Crippen LogP contribution in [0.25, 0.3) is 0 Å². The Bertz CT molecular complexity index is 403. The Labute approximate surface area is 124 Å². The van der Waals surface area contributed by atoms with E-state index >= 15 is 0 Å². The number of nitrogens with zero attached hydrogens (tertiary/aromatic N) is 2. The number of rotatable bonds is 7. The van der Waals surface area contributed by atoms with Crippen molar-refractivity contribution in [3.05, 3.63) is 34.3 Å². The standard InChI is InChI=1S/C15H23BrN2O/c1-12(18(4)11-5-10-17(2)3)15(19)13-6-8-14(16)9-7-13/h6-9,12H,5,10-11H2,1-4H3. The summed E-state index contributed by atoms with van der Waals surface area (Å²) in [5.41, 5.74) is 0.773. The highest BCUT2D eigenvalue weighted by molar-refractivity contribution is 9.10. The lowest BCUT2D eigenvalue weighted by Crippen LogP contribution is -2.37. The average Bonchev–Trinajstić information content (AvgIpc) is 2.37. The van der Waals surface area contributed by atoms with Gasteiger partial charge in [0.05, 0.1) is 6.04 Å². The summed E-state index contributed by atoms with van der Waals surface area (Å²) in [6, 6.07) is 7.48. The fourth-order valence-electron chi connectivity index (χ4n) is 1.89. The number of carbonyl (C=O) groups excluding carboxylic acids is 1. The van der Waals surface area contributed by atoms with E-state index in [0.717, 1.165) is 29.5 Å². The molecule has 0 saturated carbocycles. The lowest BCUT2D eigenvalue weighted by Gasteiger charge is -2.24. The summed E-state index contributed by atoms with van der Waals surface area (Å²) in [7, 11) is 6.14. The Morgan fingerprint density at radius 1 is 1.16 bits per heavy atom. The molecule has 0 heterocycles. The van der Waals surface area contributed by atoms with Gasteiger partial charge in [0.1, 0.15) is 0 Å². The van der Waals surface area contributed by atoms with E-state index in [1.54, 1.807) is 0 Å². The Kier molecular flexibility index (Phi) is 6.69. The molecule has 0 aliphatic rings. The molecule has 0 aliphatic heterocycles. The molecule has 1 atom stereocenters. The molecule has 106 valence electrons. The first-order chi connectivity index (χ1) is 8.91. The van der Waals surface area contributed by atoms with E-state index in [-0.39, 0.29) is 11.8 Å². The Morgan fingerprint density at radius 2 is 1.74 bits per heavy atom. The van der Waals surface area contributed by atoms with Crippen molar-refractivity contribution in [2.45, 2.75) is 19.4 Å². The van der Waals surface area contributed by atoms with E-state index in [1.807, 2.05) is 38.2 Å². The molecule has 0 aliphatic carbocycles. The highest BCUT2D eigenvalue weighted by atomic mass is 79.9. The van der Waals surface area contributed by atoms with E-state index in [1.165, 1.54) is 0 Å². The maximum Gasteiger partial charge on any atom is 0.179 e. The second kappa shape index (κ2) is 7.78. The van der Waals surface area contributed by atoms with Crippen LogP contribution in [0.3, 0.4) is 0 Å². The third-order valence-corrected chi connectivity index (χ3v) is 3.81. The smallest absolute Gasteiger partial charge is 0.179 e. The predicted molar refractivity (Wildman–Crippen MR) is 83.7 cm³/mol. The van der Waals surface area contributed by atoms with E-state index < -0.39 is 0 Å². The van der Waals surface area contributed by atoms with Crippen LogP contribution < -0.4 is 0 Å². The minimum atomic E-state index is -0.0802. The number of hydrogen-bond acceptors (Lipinski definition) is 3. The summed E-state index contributed by atoms with van der Waals surface area (Å²) in [6.45, 7) is 3.95. The molecule has 0 amide bonds. The third-order valence-electron chi connectivity index (χ3n) is 3.29. The van der Waals surface area contributed by atoms with Crippen molar-refractivity contribution < 1.29 is 4.79 Å². The number of carbonyl (C=O) groups is 1. The van der Waals surface area contributed by atoms with Crippen LogP contribution in [0.1, 0.15) is 23.7 Å². The highest BCUT2D eigenvalue weighted by Gasteiger charge is 2.19. The van der Waals surface area contributed by atoms with Gasteiger partial charge in [-0.3, -0.25) is 9.69 Å². The van der Waals surface area contributed by atoms with Gasteiger partial charge in [-0.05, 0) is 59.7 Å². The van der Waals surface area contributed by atoms with Crippen LogP contribution in [0.4, 0.5) is 0 Å². The van der Waals surface area contributed by atoms with E-state index in [9.17, 15) is 4.79 Å². The van der Waals surface area contributed by atoms with E-state index in [2.05, 4.69) is 39.8 Å². The molecule has 0 radical (unpaired) electrons. The minimum absolute atomic E-state index is 0.0802. The molecule has 3 nitrogen and oxygen atoms in total. The summed E-state index contributed by atoms with van der Waals surface area (Å²) in [6.07, 6.45) is 1.07. The van der Waals surface area contributed by atoms with Gasteiger partial charge in [0, 0.05) is 10.0 Å². The number of hydrogen-bond donors (Lipinski definition) is 0. The first-order valence-electron chi connectivity index (χ1n) is 6.56. The Hall–Kier alpha value is -0.710. The van der Waals surface area contributed by atoms with Crippen molar-refractivity contribution in [1.29, 1.82) is 0 Å². The summed E-state index contributed by atoms with van der Waals surface area (Å²) in [5, 5.41) is 0. The van der Waals surface area contributed by atoms with Crippen LogP contribution in [-0.2, 0) is 0 Å². The number of ketones is 1. The summed E-state index contributed by atoms with van der Waals surface area (Å²) < 4.78 is 0.996. The van der Waals surface area contributed by atoms with Crippen molar-refractivity contribution in [3.8, 4) is 0 Å². The van der Waals surface area contributed by atoms with Crippen molar-refractivity contribution in [1.82, 2.24) is 9.80 Å². The van der Waals surface area contributed by atoms with E-state index in [4.69, 9.17) is 0 Å². The van der Waals surface area contributed by atoms with Gasteiger partial charge in [-0.15, -0.1) is 0 Å². The maximum atomic E-state index is 12.3. The van der Waals surface area contributed by atoms with Gasteiger partial charge >= 0.3 is 0 Å². The van der Waals surface area contributed by atoms with Crippen LogP contribution in [0, 0.1) is 0 Å². The van der Waals surface area contributed by atoms with Gasteiger partial charge in [-0.25, -0.2) is 0 Å².